The Morgan fingerprint density at radius 1 is 1.19 bits per heavy atom. The predicted molar refractivity (Wildman–Crippen MR) is 80.9 cm³/mol. The lowest BCUT2D eigenvalue weighted by Gasteiger charge is -2.22. The van der Waals surface area contributed by atoms with Gasteiger partial charge in [0.15, 0.2) is 0 Å². The summed E-state index contributed by atoms with van der Waals surface area (Å²) in [6.45, 7) is 5.24. The first-order chi connectivity index (χ1) is 9.77. The van der Waals surface area contributed by atoms with E-state index < -0.39 is 23.9 Å². The molecule has 0 unspecified atom stereocenters. The highest BCUT2D eigenvalue weighted by molar-refractivity contribution is 5.91. The third-order valence-electron chi connectivity index (χ3n) is 2.87. The van der Waals surface area contributed by atoms with Crippen molar-refractivity contribution in [3.63, 3.8) is 0 Å². The van der Waals surface area contributed by atoms with Gasteiger partial charge in [0.25, 0.3) is 0 Å². The number of terminal acetylenes is 1. The fraction of sp³-hybridized carbons (Fsp3) is 0.667. The molecule has 0 aromatic heterocycles. The first kappa shape index (κ1) is 19.0. The van der Waals surface area contributed by atoms with E-state index in [1.165, 1.54) is 6.92 Å². The van der Waals surface area contributed by atoms with E-state index in [0.29, 0.717) is 25.7 Å². The van der Waals surface area contributed by atoms with E-state index in [4.69, 9.17) is 12.2 Å². The Morgan fingerprint density at radius 2 is 1.81 bits per heavy atom. The van der Waals surface area contributed by atoms with Crippen LogP contribution in [0, 0.1) is 18.3 Å². The van der Waals surface area contributed by atoms with Crippen LogP contribution in [0.4, 0.5) is 0 Å². The van der Waals surface area contributed by atoms with Gasteiger partial charge in [-0.05, 0) is 25.2 Å². The van der Waals surface area contributed by atoms with E-state index in [1.807, 2.05) is 13.8 Å². The maximum atomic E-state index is 12.2. The van der Waals surface area contributed by atoms with Crippen molar-refractivity contribution in [1.82, 2.24) is 10.6 Å². The molecule has 6 nitrogen and oxygen atoms in total. The molecule has 2 atom stereocenters. The van der Waals surface area contributed by atoms with Crippen LogP contribution < -0.4 is 16.4 Å². The molecule has 0 aliphatic carbocycles. The van der Waals surface area contributed by atoms with Crippen molar-refractivity contribution in [3.05, 3.63) is 0 Å². The van der Waals surface area contributed by atoms with Gasteiger partial charge in [-0.25, -0.2) is 0 Å². The molecule has 0 fully saturated rings. The molecule has 6 heteroatoms. The van der Waals surface area contributed by atoms with Gasteiger partial charge in [-0.1, -0.05) is 13.8 Å². The van der Waals surface area contributed by atoms with Crippen molar-refractivity contribution in [2.24, 2.45) is 11.7 Å². The van der Waals surface area contributed by atoms with E-state index in [-0.39, 0.29) is 11.8 Å². The quantitative estimate of drug-likeness (QED) is 0.421. The second kappa shape index (κ2) is 9.81. The molecule has 0 heterocycles. The van der Waals surface area contributed by atoms with Crippen molar-refractivity contribution in [2.45, 2.75) is 58.5 Å². The van der Waals surface area contributed by atoms with E-state index in [0.717, 1.165) is 0 Å². The summed E-state index contributed by atoms with van der Waals surface area (Å²) >= 11 is 0. The summed E-state index contributed by atoms with van der Waals surface area (Å²) in [5.41, 5.74) is 5.28. The Bertz CT molecular complexity index is 413. The third kappa shape index (κ3) is 8.69. The molecular weight excluding hydrogens is 270 g/mol. The van der Waals surface area contributed by atoms with Crippen LogP contribution in [0.1, 0.15) is 46.5 Å². The van der Waals surface area contributed by atoms with Crippen LogP contribution in [0.5, 0.6) is 0 Å². The molecule has 0 aliphatic heterocycles. The monoisotopic (exact) mass is 295 g/mol. The van der Waals surface area contributed by atoms with Gasteiger partial charge < -0.3 is 16.4 Å². The zero-order valence-electron chi connectivity index (χ0n) is 12.9. The summed E-state index contributed by atoms with van der Waals surface area (Å²) in [5, 5.41) is 5.18. The average molecular weight is 295 g/mol. The molecule has 0 spiro atoms. The predicted octanol–water partition coefficient (Wildman–Crippen LogP) is 0.311. The number of unbranched alkanes of at least 4 members (excludes halogenated alkanes) is 1. The van der Waals surface area contributed by atoms with Crippen LogP contribution in [0.2, 0.25) is 0 Å². The molecule has 0 saturated carbocycles. The Labute approximate surface area is 126 Å². The Morgan fingerprint density at radius 3 is 2.24 bits per heavy atom. The van der Waals surface area contributed by atoms with Gasteiger partial charge >= 0.3 is 0 Å². The molecule has 0 rings (SSSR count). The van der Waals surface area contributed by atoms with Gasteiger partial charge in [-0.15, -0.1) is 12.3 Å². The second-order valence-electron chi connectivity index (χ2n) is 5.44. The summed E-state index contributed by atoms with van der Waals surface area (Å²) in [6.07, 6.45) is 7.14. The van der Waals surface area contributed by atoms with Gasteiger partial charge in [0.05, 0.1) is 0 Å². The lowest BCUT2D eigenvalue weighted by molar-refractivity contribution is -0.131. The highest BCUT2D eigenvalue weighted by atomic mass is 16.2. The summed E-state index contributed by atoms with van der Waals surface area (Å²) in [5.74, 6) is 1.39. The third-order valence-corrected chi connectivity index (χ3v) is 2.87. The van der Waals surface area contributed by atoms with Crippen LogP contribution in [-0.2, 0) is 14.4 Å². The summed E-state index contributed by atoms with van der Waals surface area (Å²) in [7, 11) is 0. The largest absolute Gasteiger partial charge is 0.368 e. The van der Waals surface area contributed by atoms with Crippen LogP contribution >= 0.6 is 0 Å². The normalized spacial score (nSPS) is 13.1. The molecule has 0 bridgehead atoms. The maximum absolute atomic E-state index is 12.2. The smallest absolute Gasteiger partial charge is 0.243 e. The van der Waals surface area contributed by atoms with Crippen LogP contribution in [0.3, 0.4) is 0 Å². The molecule has 21 heavy (non-hydrogen) atoms. The lowest BCUT2D eigenvalue weighted by atomic mass is 10.0. The molecule has 0 aromatic carbocycles. The van der Waals surface area contributed by atoms with Gasteiger partial charge in [0.1, 0.15) is 12.1 Å². The van der Waals surface area contributed by atoms with Gasteiger partial charge in [0, 0.05) is 13.3 Å². The van der Waals surface area contributed by atoms with Crippen LogP contribution in [-0.4, -0.2) is 29.8 Å². The maximum Gasteiger partial charge on any atom is 0.243 e. The molecular formula is C15H25N3O3. The first-order valence-electron chi connectivity index (χ1n) is 7.08. The SMILES string of the molecule is C#CCCC[C@H](NC(=O)[C@H](CC(C)C)NC(C)=O)C(N)=O. The second-order valence-corrected chi connectivity index (χ2v) is 5.44. The number of nitrogens with one attached hydrogen (secondary N) is 2. The molecule has 0 aliphatic rings. The number of hydrogen-bond acceptors (Lipinski definition) is 3. The Kier molecular flexibility index (Phi) is 8.86. The van der Waals surface area contributed by atoms with Crippen molar-refractivity contribution in [2.75, 3.05) is 0 Å². The highest BCUT2D eigenvalue weighted by Crippen LogP contribution is 2.07. The minimum atomic E-state index is -0.769. The summed E-state index contributed by atoms with van der Waals surface area (Å²) in [4.78, 5) is 34.7. The molecule has 3 amide bonds. The first-order valence-corrected chi connectivity index (χ1v) is 7.08. The molecule has 0 radical (unpaired) electrons. The molecule has 118 valence electrons. The Balaban J connectivity index is 4.69. The van der Waals surface area contributed by atoms with E-state index >= 15 is 0 Å². The number of amides is 3. The molecule has 4 N–H and O–H groups in total. The highest BCUT2D eigenvalue weighted by Gasteiger charge is 2.25. The molecule has 0 aromatic rings. The zero-order valence-corrected chi connectivity index (χ0v) is 12.9. The van der Waals surface area contributed by atoms with Gasteiger partial charge in [0.2, 0.25) is 17.7 Å². The fourth-order valence-corrected chi connectivity index (χ4v) is 1.91. The van der Waals surface area contributed by atoms with Crippen LogP contribution in [0.25, 0.3) is 0 Å². The minimum Gasteiger partial charge on any atom is -0.368 e. The van der Waals surface area contributed by atoms with E-state index in [2.05, 4.69) is 16.6 Å². The number of carbonyl (C=O) groups excluding carboxylic acids is 3. The van der Waals surface area contributed by atoms with E-state index in [9.17, 15) is 14.4 Å². The standard InChI is InChI=1S/C15H25N3O3/c1-5-6-7-8-12(14(16)20)18-15(21)13(9-10(2)3)17-11(4)19/h1,10,12-13H,6-9H2,2-4H3,(H2,16,20)(H,17,19)(H,18,21)/t12-,13-/m0/s1. The van der Waals surface area contributed by atoms with Crippen LogP contribution in [0.15, 0.2) is 0 Å². The van der Waals surface area contributed by atoms with Gasteiger partial charge in [-0.2, -0.15) is 0 Å². The topological polar surface area (TPSA) is 101 Å². The molecule has 0 saturated heterocycles. The van der Waals surface area contributed by atoms with Crippen molar-refractivity contribution >= 4 is 17.7 Å². The number of rotatable bonds is 9. The number of hydrogen-bond donors (Lipinski definition) is 3. The minimum absolute atomic E-state index is 0.223. The fourth-order valence-electron chi connectivity index (χ4n) is 1.91. The number of primary amides is 1. The lowest BCUT2D eigenvalue weighted by Crippen LogP contribution is -2.53. The van der Waals surface area contributed by atoms with Gasteiger partial charge in [-0.3, -0.25) is 14.4 Å². The van der Waals surface area contributed by atoms with E-state index in [1.54, 1.807) is 0 Å². The summed E-state index contributed by atoms with van der Waals surface area (Å²) in [6, 6.07) is -1.44. The Hall–Kier alpha value is -2.03. The zero-order chi connectivity index (χ0) is 16.4. The van der Waals surface area contributed by atoms with Crippen molar-refractivity contribution in [1.29, 1.82) is 0 Å². The summed E-state index contributed by atoms with van der Waals surface area (Å²) < 4.78 is 0. The number of nitrogens with two attached hydrogens (primary N) is 1. The average Bonchev–Trinajstić information content (AvgIpc) is 2.35. The van der Waals surface area contributed by atoms with Crippen molar-refractivity contribution < 1.29 is 14.4 Å². The van der Waals surface area contributed by atoms with Crippen molar-refractivity contribution in [3.8, 4) is 12.3 Å². The number of carbonyl (C=O) groups is 3.